The Morgan fingerprint density at radius 1 is 0.759 bits per heavy atom. The summed E-state index contributed by atoms with van der Waals surface area (Å²) in [5.41, 5.74) is -0.417. The highest BCUT2D eigenvalue weighted by Gasteiger charge is 2.51. The summed E-state index contributed by atoms with van der Waals surface area (Å²) < 4.78 is 33.9. The summed E-state index contributed by atoms with van der Waals surface area (Å²) >= 11 is 23.9. The molecule has 1 unspecified atom stereocenters. The van der Waals surface area contributed by atoms with Crippen molar-refractivity contribution in [1.82, 2.24) is 0 Å². The van der Waals surface area contributed by atoms with Gasteiger partial charge in [-0.2, -0.15) is 8.42 Å². The van der Waals surface area contributed by atoms with Crippen molar-refractivity contribution < 1.29 is 23.2 Å². The van der Waals surface area contributed by atoms with Crippen LogP contribution >= 0.6 is 46.4 Å². The number of phenols is 2. The highest BCUT2D eigenvalue weighted by Crippen LogP contribution is 2.52. The van der Waals surface area contributed by atoms with Crippen LogP contribution in [0.1, 0.15) is 16.7 Å². The van der Waals surface area contributed by atoms with Crippen molar-refractivity contribution in [3.8, 4) is 11.5 Å². The van der Waals surface area contributed by atoms with Gasteiger partial charge in [0.05, 0.1) is 10.0 Å². The van der Waals surface area contributed by atoms with E-state index in [2.05, 4.69) is 0 Å². The van der Waals surface area contributed by atoms with Gasteiger partial charge in [0.1, 0.15) is 21.5 Å². The number of aromatic hydroxyl groups is 2. The molecule has 0 aliphatic heterocycles. The summed E-state index contributed by atoms with van der Waals surface area (Å²) in [5, 5.41) is 20.2. The fraction of sp³-hybridized carbons (Fsp3) is 0.0526. The summed E-state index contributed by atoms with van der Waals surface area (Å²) in [6, 6.07) is 12.4. The van der Waals surface area contributed by atoms with Crippen molar-refractivity contribution in [2.75, 3.05) is 0 Å². The molecular weight excluding hydrogens is 482 g/mol. The Kier molecular flexibility index (Phi) is 5.98. The molecule has 0 aliphatic rings. The van der Waals surface area contributed by atoms with E-state index in [1.54, 1.807) is 18.2 Å². The Morgan fingerprint density at radius 3 is 1.93 bits per heavy atom. The van der Waals surface area contributed by atoms with Gasteiger partial charge < -0.3 is 10.2 Å². The molecular formula is C19H12Cl4O5S. The predicted octanol–water partition coefficient (Wildman–Crippen LogP) is 5.89. The van der Waals surface area contributed by atoms with Gasteiger partial charge in [-0.25, -0.2) is 0 Å². The standard InChI is InChI=1S/C19H12Cl4O5S/c20-13-7-6-11(8-14(13)21)19(29(26,27)28,10-4-2-1-3-5-10)12-9-15(24)16(22)17(23)18(12)25/h1-9,24-25H,(H,26,27,28). The Balaban J connectivity index is 2.60. The highest BCUT2D eigenvalue weighted by atomic mass is 35.5. The molecule has 3 aromatic carbocycles. The topological polar surface area (TPSA) is 94.8 Å². The van der Waals surface area contributed by atoms with E-state index in [4.69, 9.17) is 46.4 Å². The van der Waals surface area contributed by atoms with Gasteiger partial charge in [0, 0.05) is 5.56 Å². The van der Waals surface area contributed by atoms with Crippen molar-refractivity contribution in [1.29, 1.82) is 0 Å². The first-order chi connectivity index (χ1) is 13.5. The number of hydrogen-bond donors (Lipinski definition) is 3. The van der Waals surface area contributed by atoms with Gasteiger partial charge in [-0.1, -0.05) is 82.8 Å². The SMILES string of the molecule is O=S(=O)(O)C(c1ccccc1)(c1ccc(Cl)c(Cl)c1)c1cc(O)c(Cl)c(Cl)c1O. The van der Waals surface area contributed by atoms with Crippen LogP contribution in [0.25, 0.3) is 0 Å². The minimum atomic E-state index is -5.06. The Morgan fingerprint density at radius 2 is 1.38 bits per heavy atom. The van der Waals surface area contributed by atoms with Crippen LogP contribution in [0.3, 0.4) is 0 Å². The summed E-state index contributed by atoms with van der Waals surface area (Å²) in [7, 11) is -5.06. The van der Waals surface area contributed by atoms with Crippen LogP contribution in [0.4, 0.5) is 0 Å². The zero-order valence-electron chi connectivity index (χ0n) is 14.3. The van der Waals surface area contributed by atoms with Crippen LogP contribution in [-0.2, 0) is 14.9 Å². The molecule has 0 saturated heterocycles. The van der Waals surface area contributed by atoms with Crippen LogP contribution < -0.4 is 0 Å². The molecule has 0 fully saturated rings. The Labute approximate surface area is 186 Å². The van der Waals surface area contributed by atoms with E-state index in [1.807, 2.05) is 0 Å². The fourth-order valence-electron chi connectivity index (χ4n) is 3.17. The van der Waals surface area contributed by atoms with E-state index < -0.39 is 37.0 Å². The third-order valence-corrected chi connectivity index (χ3v) is 7.49. The predicted molar refractivity (Wildman–Crippen MR) is 114 cm³/mol. The van der Waals surface area contributed by atoms with E-state index in [0.29, 0.717) is 0 Å². The van der Waals surface area contributed by atoms with E-state index in [0.717, 1.165) is 6.07 Å². The van der Waals surface area contributed by atoms with Crippen molar-refractivity contribution >= 4 is 56.5 Å². The molecule has 10 heteroatoms. The molecule has 0 spiro atoms. The fourth-order valence-corrected chi connectivity index (χ4v) is 5.11. The number of rotatable bonds is 4. The van der Waals surface area contributed by atoms with Gasteiger partial charge in [-0.3, -0.25) is 4.55 Å². The second-order valence-corrected chi connectivity index (χ2v) is 9.20. The molecule has 0 saturated carbocycles. The molecule has 5 nitrogen and oxygen atoms in total. The number of halogens is 4. The zero-order valence-corrected chi connectivity index (χ0v) is 18.1. The first-order valence-electron chi connectivity index (χ1n) is 7.90. The molecule has 0 aliphatic carbocycles. The highest BCUT2D eigenvalue weighted by molar-refractivity contribution is 7.87. The average molecular weight is 494 g/mol. The molecule has 0 amide bonds. The first kappa shape index (κ1) is 22.0. The monoisotopic (exact) mass is 492 g/mol. The molecule has 0 radical (unpaired) electrons. The lowest BCUT2D eigenvalue weighted by Crippen LogP contribution is -2.38. The van der Waals surface area contributed by atoms with Crippen molar-refractivity contribution in [3.05, 3.63) is 91.4 Å². The van der Waals surface area contributed by atoms with Crippen LogP contribution in [0, 0.1) is 0 Å². The third kappa shape index (κ3) is 3.54. The molecule has 0 aromatic heterocycles. The van der Waals surface area contributed by atoms with Crippen molar-refractivity contribution in [3.63, 3.8) is 0 Å². The van der Waals surface area contributed by atoms with E-state index >= 15 is 0 Å². The second-order valence-electron chi connectivity index (χ2n) is 6.07. The maximum atomic E-state index is 12.9. The molecule has 1 atom stereocenters. The molecule has 29 heavy (non-hydrogen) atoms. The summed E-state index contributed by atoms with van der Waals surface area (Å²) in [6.45, 7) is 0. The van der Waals surface area contributed by atoms with Crippen molar-refractivity contribution in [2.24, 2.45) is 0 Å². The zero-order chi connectivity index (χ0) is 21.6. The van der Waals surface area contributed by atoms with Crippen LogP contribution in [0.5, 0.6) is 11.5 Å². The summed E-state index contributed by atoms with van der Waals surface area (Å²) in [6.07, 6.45) is 0. The van der Waals surface area contributed by atoms with Crippen LogP contribution in [-0.4, -0.2) is 23.2 Å². The lowest BCUT2D eigenvalue weighted by atomic mass is 9.83. The summed E-state index contributed by atoms with van der Waals surface area (Å²) in [5.74, 6) is -1.32. The largest absolute Gasteiger partial charge is 0.506 e. The number of phenolic OH excluding ortho intramolecular Hbond substituents is 2. The van der Waals surface area contributed by atoms with Gasteiger partial charge >= 0.3 is 0 Å². The van der Waals surface area contributed by atoms with E-state index in [9.17, 15) is 23.2 Å². The van der Waals surface area contributed by atoms with E-state index in [1.165, 1.54) is 30.3 Å². The van der Waals surface area contributed by atoms with E-state index in [-0.39, 0.29) is 26.2 Å². The van der Waals surface area contributed by atoms with Crippen LogP contribution in [0.2, 0.25) is 20.1 Å². The summed E-state index contributed by atoms with van der Waals surface area (Å²) in [4.78, 5) is 0. The van der Waals surface area contributed by atoms with Gasteiger partial charge in [0.2, 0.25) is 0 Å². The first-order valence-corrected chi connectivity index (χ1v) is 10.9. The average Bonchev–Trinajstić information content (AvgIpc) is 2.67. The molecule has 3 N–H and O–H groups in total. The van der Waals surface area contributed by atoms with Gasteiger partial charge in [0.25, 0.3) is 10.1 Å². The van der Waals surface area contributed by atoms with Crippen molar-refractivity contribution in [2.45, 2.75) is 4.75 Å². The molecule has 152 valence electrons. The minimum absolute atomic E-state index is 0.0110. The number of hydrogen-bond acceptors (Lipinski definition) is 4. The molecule has 3 rings (SSSR count). The van der Waals surface area contributed by atoms with Gasteiger partial charge in [0.15, 0.2) is 4.75 Å². The normalized spacial score (nSPS) is 13.8. The maximum absolute atomic E-state index is 12.9. The lowest BCUT2D eigenvalue weighted by molar-refractivity contribution is 0.435. The third-order valence-electron chi connectivity index (χ3n) is 4.43. The second kappa shape index (κ2) is 7.87. The Bertz CT molecular complexity index is 1200. The van der Waals surface area contributed by atoms with Gasteiger partial charge in [-0.05, 0) is 29.3 Å². The van der Waals surface area contributed by atoms with Gasteiger partial charge in [-0.15, -0.1) is 0 Å². The van der Waals surface area contributed by atoms with Crippen LogP contribution in [0.15, 0.2) is 54.6 Å². The Hall–Kier alpha value is -1.67. The molecule has 3 aromatic rings. The molecule has 0 heterocycles. The molecule has 0 bridgehead atoms. The minimum Gasteiger partial charge on any atom is -0.506 e. The quantitative estimate of drug-likeness (QED) is 0.239. The number of benzene rings is 3. The smallest absolute Gasteiger partial charge is 0.283 e. The lowest BCUT2D eigenvalue weighted by Gasteiger charge is -2.33. The maximum Gasteiger partial charge on any atom is 0.283 e.